The number of ether oxygens (including phenoxy) is 2. The summed E-state index contributed by atoms with van der Waals surface area (Å²) in [6.45, 7) is 0.254. The highest BCUT2D eigenvalue weighted by molar-refractivity contribution is 7.20. The molecule has 2 heterocycles. The summed E-state index contributed by atoms with van der Waals surface area (Å²) in [4.78, 5) is 40.5. The molecule has 0 unspecified atom stereocenters. The second-order valence-corrected chi connectivity index (χ2v) is 7.13. The lowest BCUT2D eigenvalue weighted by atomic mass is 10.3. The Bertz CT molecular complexity index is 949. The van der Waals surface area contributed by atoms with Gasteiger partial charge < -0.3 is 14.8 Å². The van der Waals surface area contributed by atoms with Crippen molar-refractivity contribution in [2.75, 3.05) is 25.6 Å². The smallest absolute Gasteiger partial charge is 0.414 e. The molecule has 3 amide bonds. The van der Waals surface area contributed by atoms with Crippen LogP contribution in [-0.4, -0.2) is 43.2 Å². The Labute approximate surface area is 162 Å². The number of nitrogens with one attached hydrogen (secondary N) is 2. The van der Waals surface area contributed by atoms with Crippen molar-refractivity contribution in [1.82, 2.24) is 10.3 Å². The van der Waals surface area contributed by atoms with Crippen molar-refractivity contribution in [2.24, 2.45) is 0 Å². The van der Waals surface area contributed by atoms with Crippen LogP contribution in [0, 0.1) is 0 Å². The Morgan fingerprint density at radius 3 is 2.70 bits per heavy atom. The van der Waals surface area contributed by atoms with Gasteiger partial charge in [0.05, 0.1) is 22.4 Å². The second kappa shape index (κ2) is 8.71. The Hall–Kier alpha value is -2.82. The summed E-state index contributed by atoms with van der Waals surface area (Å²) in [5.74, 6) is -1.09. The Kier molecular flexibility index (Phi) is 6.12. The molecule has 3 rings (SSSR count). The van der Waals surface area contributed by atoms with Gasteiger partial charge in [0, 0.05) is 7.11 Å². The lowest BCUT2D eigenvalue weighted by Gasteiger charge is -2.07. The number of carbonyl (C=O) groups excluding carboxylic acids is 3. The number of thiazole rings is 1. The maximum absolute atomic E-state index is 12.5. The summed E-state index contributed by atoms with van der Waals surface area (Å²) in [5, 5.41) is 7.02. The van der Waals surface area contributed by atoms with Gasteiger partial charge in [0.1, 0.15) is 11.6 Å². The maximum Gasteiger partial charge on any atom is 0.414 e. The number of amides is 3. The third-order valence-electron chi connectivity index (χ3n) is 3.36. The number of hydrogen-bond acceptors (Lipinski definition) is 8. The molecular weight excluding hydrogens is 390 g/mol. The molecule has 2 aromatic heterocycles. The predicted octanol–water partition coefficient (Wildman–Crippen LogP) is 3.12. The minimum Gasteiger partial charge on any atom is -0.447 e. The van der Waals surface area contributed by atoms with E-state index >= 15 is 0 Å². The first kappa shape index (κ1) is 19.0. The average molecular weight is 405 g/mol. The standard InChI is InChI=1S/C17H15N3O5S2/c1-24-7-8-25-17(23)20-13(21)10-6-9-26-15(10)19-14(22)16-18-11-4-2-3-5-12(11)27-16/h2-6,9H,7-8H2,1H3,(H,19,22)(H,20,21,23). The number of methoxy groups -OCH3 is 1. The van der Waals surface area contributed by atoms with Gasteiger partial charge in [-0.05, 0) is 23.6 Å². The highest BCUT2D eigenvalue weighted by Gasteiger charge is 2.20. The highest BCUT2D eigenvalue weighted by atomic mass is 32.1. The molecule has 1 aromatic carbocycles. The molecule has 0 aliphatic carbocycles. The van der Waals surface area contributed by atoms with Gasteiger partial charge in [0.25, 0.3) is 11.8 Å². The summed E-state index contributed by atoms with van der Waals surface area (Å²) in [7, 11) is 1.47. The van der Waals surface area contributed by atoms with Crippen molar-refractivity contribution in [2.45, 2.75) is 0 Å². The molecule has 3 aromatic rings. The van der Waals surface area contributed by atoms with E-state index in [-0.39, 0.29) is 23.8 Å². The van der Waals surface area contributed by atoms with Gasteiger partial charge in [0.2, 0.25) is 0 Å². The fraction of sp³-hybridized carbons (Fsp3) is 0.176. The van der Waals surface area contributed by atoms with Crippen LogP contribution in [0.4, 0.5) is 9.80 Å². The number of imide groups is 1. The lowest BCUT2D eigenvalue weighted by molar-refractivity contribution is 0.0845. The first-order valence-electron chi connectivity index (χ1n) is 7.80. The largest absolute Gasteiger partial charge is 0.447 e. The summed E-state index contributed by atoms with van der Waals surface area (Å²) in [5.41, 5.74) is 0.897. The van der Waals surface area contributed by atoms with Crippen LogP contribution in [0.5, 0.6) is 0 Å². The van der Waals surface area contributed by atoms with E-state index in [0.29, 0.717) is 5.00 Å². The zero-order valence-corrected chi connectivity index (χ0v) is 15.8. The third-order valence-corrected chi connectivity index (χ3v) is 5.23. The van der Waals surface area contributed by atoms with Crippen LogP contribution < -0.4 is 10.6 Å². The van der Waals surface area contributed by atoms with E-state index in [9.17, 15) is 14.4 Å². The Morgan fingerprint density at radius 2 is 1.93 bits per heavy atom. The topological polar surface area (TPSA) is 107 Å². The normalized spacial score (nSPS) is 10.6. The number of para-hydroxylation sites is 1. The Morgan fingerprint density at radius 1 is 1.11 bits per heavy atom. The number of fused-ring (bicyclic) bond motifs is 1. The fourth-order valence-corrected chi connectivity index (χ4v) is 3.77. The predicted molar refractivity (Wildman–Crippen MR) is 103 cm³/mol. The minimum atomic E-state index is -0.883. The molecule has 0 atom stereocenters. The molecule has 8 nitrogen and oxygen atoms in total. The van der Waals surface area contributed by atoms with Crippen LogP contribution in [0.3, 0.4) is 0 Å². The van der Waals surface area contributed by atoms with Gasteiger partial charge in [-0.15, -0.1) is 22.7 Å². The van der Waals surface area contributed by atoms with Crippen LogP contribution in [0.15, 0.2) is 35.7 Å². The summed E-state index contributed by atoms with van der Waals surface area (Å²) in [6, 6.07) is 8.92. The molecule has 0 saturated heterocycles. The number of hydrogen-bond donors (Lipinski definition) is 2. The number of thiophene rings is 1. The number of anilines is 1. The molecule has 0 bridgehead atoms. The lowest BCUT2D eigenvalue weighted by Crippen LogP contribution is -2.32. The minimum absolute atomic E-state index is 0.0282. The van der Waals surface area contributed by atoms with E-state index in [1.165, 1.54) is 35.8 Å². The van der Waals surface area contributed by atoms with Crippen molar-refractivity contribution in [3.05, 3.63) is 46.3 Å². The first-order chi connectivity index (χ1) is 13.1. The van der Waals surface area contributed by atoms with Gasteiger partial charge in [-0.25, -0.2) is 9.78 Å². The van der Waals surface area contributed by atoms with Crippen LogP contribution >= 0.6 is 22.7 Å². The van der Waals surface area contributed by atoms with Crippen LogP contribution in [0.1, 0.15) is 20.2 Å². The molecule has 0 aliphatic rings. The Balaban J connectivity index is 1.66. The van der Waals surface area contributed by atoms with Crippen LogP contribution in [-0.2, 0) is 9.47 Å². The molecule has 0 fully saturated rings. The molecule has 27 heavy (non-hydrogen) atoms. The molecule has 0 saturated carbocycles. The van der Waals surface area contributed by atoms with E-state index in [4.69, 9.17) is 9.47 Å². The number of aromatic nitrogens is 1. The summed E-state index contributed by atoms with van der Waals surface area (Å²) >= 11 is 2.43. The van der Waals surface area contributed by atoms with Gasteiger partial charge in [0.15, 0.2) is 5.01 Å². The van der Waals surface area contributed by atoms with E-state index in [1.54, 1.807) is 5.38 Å². The molecule has 2 N–H and O–H groups in total. The average Bonchev–Trinajstić information content (AvgIpc) is 3.28. The van der Waals surface area contributed by atoms with E-state index in [2.05, 4.69) is 15.6 Å². The van der Waals surface area contributed by atoms with Crippen LogP contribution in [0.25, 0.3) is 10.2 Å². The van der Waals surface area contributed by atoms with Crippen LogP contribution in [0.2, 0.25) is 0 Å². The first-order valence-corrected chi connectivity index (χ1v) is 9.49. The number of nitrogens with zero attached hydrogens (tertiary/aromatic N) is 1. The molecule has 0 spiro atoms. The fourth-order valence-electron chi connectivity index (χ4n) is 2.12. The third kappa shape index (κ3) is 4.67. The number of alkyl carbamates (subject to hydrolysis) is 1. The van der Waals surface area contributed by atoms with Crippen molar-refractivity contribution >= 4 is 55.8 Å². The molecule has 0 aliphatic heterocycles. The molecule has 0 radical (unpaired) electrons. The SMILES string of the molecule is COCCOC(=O)NC(=O)c1ccsc1NC(=O)c1nc2ccccc2s1. The quantitative estimate of drug-likeness (QED) is 0.610. The van der Waals surface area contributed by atoms with Crippen molar-refractivity contribution in [3.63, 3.8) is 0 Å². The molecule has 10 heteroatoms. The van der Waals surface area contributed by atoms with Gasteiger partial charge >= 0.3 is 6.09 Å². The maximum atomic E-state index is 12.5. The van der Waals surface area contributed by atoms with Gasteiger partial charge in [-0.2, -0.15) is 0 Å². The van der Waals surface area contributed by atoms with Crippen molar-refractivity contribution < 1.29 is 23.9 Å². The van der Waals surface area contributed by atoms with Gasteiger partial charge in [-0.3, -0.25) is 14.9 Å². The molecule has 140 valence electrons. The second-order valence-electron chi connectivity index (χ2n) is 5.19. The summed E-state index contributed by atoms with van der Waals surface area (Å²) < 4.78 is 10.4. The van der Waals surface area contributed by atoms with Crippen molar-refractivity contribution in [1.29, 1.82) is 0 Å². The number of carbonyl (C=O) groups is 3. The summed E-state index contributed by atoms with van der Waals surface area (Å²) in [6.07, 6.45) is -0.883. The van der Waals surface area contributed by atoms with Crippen molar-refractivity contribution in [3.8, 4) is 0 Å². The van der Waals surface area contributed by atoms with E-state index < -0.39 is 17.9 Å². The monoisotopic (exact) mass is 405 g/mol. The number of benzene rings is 1. The van der Waals surface area contributed by atoms with E-state index in [0.717, 1.165) is 10.2 Å². The zero-order valence-electron chi connectivity index (χ0n) is 14.2. The van der Waals surface area contributed by atoms with E-state index in [1.807, 2.05) is 24.3 Å². The van der Waals surface area contributed by atoms with Gasteiger partial charge in [-0.1, -0.05) is 12.1 Å². The highest BCUT2D eigenvalue weighted by Crippen LogP contribution is 2.26. The zero-order chi connectivity index (χ0) is 19.2. The number of rotatable bonds is 6. The molecular formula is C17H15N3O5S2.